The summed E-state index contributed by atoms with van der Waals surface area (Å²) in [5, 5.41) is 7.33. The normalized spacial score (nSPS) is 11.6. The summed E-state index contributed by atoms with van der Waals surface area (Å²) in [5.74, 6) is 0.705. The van der Waals surface area contributed by atoms with E-state index in [0.29, 0.717) is 36.2 Å². The lowest BCUT2D eigenvalue weighted by atomic mass is 10.2. The standard InChI is InChI=1S/C14H17ClN4O2.ClH/c1-9(8-16)14(20)17-7-6-12-18-13(19-21-12)10-2-4-11(15)5-3-10;/h2-5,9H,6-8,16H2,1H3,(H,17,20);1H. The number of nitrogens with two attached hydrogens (primary N) is 1. The van der Waals surface area contributed by atoms with Crippen LogP contribution in [0.5, 0.6) is 0 Å². The van der Waals surface area contributed by atoms with E-state index in [9.17, 15) is 4.79 Å². The lowest BCUT2D eigenvalue weighted by Crippen LogP contribution is -2.34. The average molecular weight is 345 g/mol. The molecule has 0 fully saturated rings. The smallest absolute Gasteiger partial charge is 0.228 e. The molecule has 1 aromatic heterocycles. The molecule has 0 bridgehead atoms. The summed E-state index contributed by atoms with van der Waals surface area (Å²) >= 11 is 5.83. The number of halogens is 2. The lowest BCUT2D eigenvalue weighted by molar-refractivity contribution is -0.124. The van der Waals surface area contributed by atoms with Crippen LogP contribution in [0, 0.1) is 5.92 Å². The summed E-state index contributed by atoms with van der Waals surface area (Å²) in [6, 6.07) is 7.17. The number of aromatic nitrogens is 2. The molecule has 3 N–H and O–H groups in total. The van der Waals surface area contributed by atoms with E-state index in [2.05, 4.69) is 15.5 Å². The van der Waals surface area contributed by atoms with Gasteiger partial charge in [0.15, 0.2) is 0 Å². The number of rotatable bonds is 6. The fourth-order valence-corrected chi connectivity index (χ4v) is 1.77. The number of amides is 1. The predicted octanol–water partition coefficient (Wildman–Crippen LogP) is 2.07. The number of benzene rings is 1. The molecule has 2 aromatic rings. The number of nitrogens with zero attached hydrogens (tertiary/aromatic N) is 2. The topological polar surface area (TPSA) is 94.0 Å². The molecule has 22 heavy (non-hydrogen) atoms. The zero-order chi connectivity index (χ0) is 15.2. The van der Waals surface area contributed by atoms with Crippen LogP contribution in [0.3, 0.4) is 0 Å². The third-order valence-electron chi connectivity index (χ3n) is 3.01. The van der Waals surface area contributed by atoms with Gasteiger partial charge in [0.2, 0.25) is 17.6 Å². The van der Waals surface area contributed by atoms with E-state index in [4.69, 9.17) is 21.9 Å². The fraction of sp³-hybridized carbons (Fsp3) is 0.357. The van der Waals surface area contributed by atoms with Crippen molar-refractivity contribution in [2.24, 2.45) is 11.7 Å². The van der Waals surface area contributed by atoms with Gasteiger partial charge in [-0.05, 0) is 24.3 Å². The second-order valence-corrected chi connectivity index (χ2v) is 5.13. The number of carbonyl (C=O) groups is 1. The minimum Gasteiger partial charge on any atom is -0.355 e. The molecule has 0 spiro atoms. The summed E-state index contributed by atoms with van der Waals surface area (Å²) in [5.41, 5.74) is 6.25. The van der Waals surface area contributed by atoms with Gasteiger partial charge in [0.05, 0.1) is 0 Å². The third kappa shape index (κ3) is 4.98. The fourth-order valence-electron chi connectivity index (χ4n) is 1.65. The Labute approximate surface area is 139 Å². The van der Waals surface area contributed by atoms with Crippen molar-refractivity contribution in [2.45, 2.75) is 13.3 Å². The molecular formula is C14H18Cl2N4O2. The number of hydrogen-bond donors (Lipinski definition) is 2. The highest BCUT2D eigenvalue weighted by Gasteiger charge is 2.12. The molecule has 0 aliphatic heterocycles. The molecule has 2 rings (SSSR count). The monoisotopic (exact) mass is 344 g/mol. The van der Waals surface area contributed by atoms with Gasteiger partial charge in [0.25, 0.3) is 0 Å². The van der Waals surface area contributed by atoms with Crippen LogP contribution in [0.15, 0.2) is 28.8 Å². The van der Waals surface area contributed by atoms with Crippen molar-refractivity contribution >= 4 is 29.9 Å². The van der Waals surface area contributed by atoms with Crippen LogP contribution < -0.4 is 11.1 Å². The van der Waals surface area contributed by atoms with Crippen molar-refractivity contribution in [1.82, 2.24) is 15.5 Å². The first-order valence-electron chi connectivity index (χ1n) is 6.66. The van der Waals surface area contributed by atoms with E-state index in [-0.39, 0.29) is 24.2 Å². The highest BCUT2D eigenvalue weighted by Crippen LogP contribution is 2.18. The maximum Gasteiger partial charge on any atom is 0.228 e. The van der Waals surface area contributed by atoms with Crippen LogP contribution >= 0.6 is 24.0 Å². The lowest BCUT2D eigenvalue weighted by Gasteiger charge is -2.08. The van der Waals surface area contributed by atoms with Crippen LogP contribution in [0.25, 0.3) is 11.4 Å². The third-order valence-corrected chi connectivity index (χ3v) is 3.26. The van der Waals surface area contributed by atoms with E-state index in [1.54, 1.807) is 19.1 Å². The van der Waals surface area contributed by atoms with Gasteiger partial charge in [-0.25, -0.2) is 0 Å². The van der Waals surface area contributed by atoms with Crippen molar-refractivity contribution in [1.29, 1.82) is 0 Å². The SMILES string of the molecule is CC(CN)C(=O)NCCc1nc(-c2ccc(Cl)cc2)no1.Cl. The number of nitrogens with one attached hydrogen (secondary N) is 1. The average Bonchev–Trinajstić information content (AvgIpc) is 2.95. The van der Waals surface area contributed by atoms with Crippen molar-refractivity contribution in [3.05, 3.63) is 35.2 Å². The molecule has 0 saturated heterocycles. The van der Waals surface area contributed by atoms with Crippen LogP contribution in [0.2, 0.25) is 5.02 Å². The zero-order valence-electron chi connectivity index (χ0n) is 12.1. The molecule has 0 radical (unpaired) electrons. The van der Waals surface area contributed by atoms with Gasteiger partial charge in [-0.1, -0.05) is 23.7 Å². The van der Waals surface area contributed by atoms with Gasteiger partial charge in [-0.15, -0.1) is 12.4 Å². The largest absolute Gasteiger partial charge is 0.355 e. The Hall–Kier alpha value is -1.63. The Bertz CT molecular complexity index is 601. The van der Waals surface area contributed by atoms with E-state index < -0.39 is 0 Å². The van der Waals surface area contributed by atoms with E-state index in [1.165, 1.54) is 0 Å². The highest BCUT2D eigenvalue weighted by molar-refractivity contribution is 6.30. The first-order chi connectivity index (χ1) is 10.1. The number of carbonyl (C=O) groups excluding carboxylic acids is 1. The van der Waals surface area contributed by atoms with E-state index in [1.807, 2.05) is 12.1 Å². The van der Waals surface area contributed by atoms with Crippen LogP contribution in [-0.4, -0.2) is 29.1 Å². The first kappa shape index (κ1) is 18.4. The molecule has 1 amide bonds. The summed E-state index contributed by atoms with van der Waals surface area (Å²) < 4.78 is 5.15. The van der Waals surface area contributed by atoms with Gasteiger partial charge < -0.3 is 15.6 Å². The molecule has 120 valence electrons. The maximum atomic E-state index is 11.6. The van der Waals surface area contributed by atoms with Crippen molar-refractivity contribution in [3.8, 4) is 11.4 Å². The Morgan fingerprint density at radius 1 is 1.41 bits per heavy atom. The zero-order valence-corrected chi connectivity index (χ0v) is 13.7. The Morgan fingerprint density at radius 3 is 2.73 bits per heavy atom. The van der Waals surface area contributed by atoms with Crippen LogP contribution in [0.1, 0.15) is 12.8 Å². The summed E-state index contributed by atoms with van der Waals surface area (Å²) in [7, 11) is 0. The van der Waals surface area contributed by atoms with E-state index in [0.717, 1.165) is 5.56 Å². The van der Waals surface area contributed by atoms with Gasteiger partial charge >= 0.3 is 0 Å². The van der Waals surface area contributed by atoms with Crippen molar-refractivity contribution in [3.63, 3.8) is 0 Å². The highest BCUT2D eigenvalue weighted by atomic mass is 35.5. The minimum absolute atomic E-state index is 0. The summed E-state index contributed by atoms with van der Waals surface area (Å²) in [6.45, 7) is 2.54. The van der Waals surface area contributed by atoms with Crippen LogP contribution in [-0.2, 0) is 11.2 Å². The Balaban J connectivity index is 0.00000242. The second kappa shape index (κ2) is 8.73. The number of hydrogen-bond acceptors (Lipinski definition) is 5. The van der Waals surface area contributed by atoms with Gasteiger partial charge in [0, 0.05) is 36.0 Å². The summed E-state index contributed by atoms with van der Waals surface area (Å²) in [6.07, 6.45) is 0.476. The van der Waals surface area contributed by atoms with E-state index >= 15 is 0 Å². The molecule has 8 heteroatoms. The molecular weight excluding hydrogens is 327 g/mol. The van der Waals surface area contributed by atoms with Crippen molar-refractivity contribution in [2.75, 3.05) is 13.1 Å². The Kier molecular flexibility index (Phi) is 7.31. The molecule has 1 aromatic carbocycles. The second-order valence-electron chi connectivity index (χ2n) is 4.70. The van der Waals surface area contributed by atoms with Crippen molar-refractivity contribution < 1.29 is 9.32 Å². The first-order valence-corrected chi connectivity index (χ1v) is 7.04. The van der Waals surface area contributed by atoms with Gasteiger partial charge in [-0.2, -0.15) is 4.98 Å². The quantitative estimate of drug-likeness (QED) is 0.836. The molecule has 0 saturated carbocycles. The Morgan fingerprint density at radius 2 is 2.09 bits per heavy atom. The minimum atomic E-state index is -0.197. The molecule has 0 aliphatic rings. The van der Waals surface area contributed by atoms with Gasteiger partial charge in [-0.3, -0.25) is 4.79 Å². The van der Waals surface area contributed by atoms with Gasteiger partial charge in [0.1, 0.15) is 0 Å². The summed E-state index contributed by atoms with van der Waals surface area (Å²) in [4.78, 5) is 15.8. The molecule has 0 aliphatic carbocycles. The predicted molar refractivity (Wildman–Crippen MR) is 86.9 cm³/mol. The van der Waals surface area contributed by atoms with Crippen LogP contribution in [0.4, 0.5) is 0 Å². The maximum absolute atomic E-state index is 11.6. The molecule has 1 atom stereocenters. The molecule has 6 nitrogen and oxygen atoms in total. The molecule has 1 unspecified atom stereocenters. The molecule has 1 heterocycles.